The van der Waals surface area contributed by atoms with Crippen molar-refractivity contribution in [3.63, 3.8) is 0 Å². The lowest BCUT2D eigenvalue weighted by molar-refractivity contribution is 0.249. The average Bonchev–Trinajstić information content (AvgIpc) is 3.15. The smallest absolute Gasteiger partial charge is 0.133 e. The zero-order valence-electron chi connectivity index (χ0n) is 18.1. The Kier molecular flexibility index (Phi) is 5.53. The summed E-state index contributed by atoms with van der Waals surface area (Å²) in [7, 11) is 0. The predicted octanol–water partition coefficient (Wildman–Crippen LogP) is 4.47. The van der Waals surface area contributed by atoms with Crippen molar-refractivity contribution < 1.29 is 0 Å². The third-order valence-electron chi connectivity index (χ3n) is 6.34. The van der Waals surface area contributed by atoms with Crippen molar-refractivity contribution in [1.29, 1.82) is 5.26 Å². The molecule has 5 heteroatoms. The summed E-state index contributed by atoms with van der Waals surface area (Å²) < 4.78 is 2.09. The van der Waals surface area contributed by atoms with E-state index in [1.165, 1.54) is 21.9 Å². The van der Waals surface area contributed by atoms with Crippen LogP contribution in [0.15, 0.2) is 78.9 Å². The standard InChI is InChI=1S/C27H27N5/c28-18-24-17-26(29)27(31-15-13-30(14-16-31)19-21-7-2-1-3-8-21)32(24)20-23-11-6-10-22-9-4-5-12-25(22)23/h1-12,17H,13-16,19-20,29H2. The molecular formula is C27H27N5. The lowest BCUT2D eigenvalue weighted by Crippen LogP contribution is -2.46. The lowest BCUT2D eigenvalue weighted by atomic mass is 10.0. The van der Waals surface area contributed by atoms with Crippen LogP contribution in [0.3, 0.4) is 0 Å². The molecule has 4 aromatic rings. The van der Waals surface area contributed by atoms with E-state index >= 15 is 0 Å². The van der Waals surface area contributed by atoms with Gasteiger partial charge >= 0.3 is 0 Å². The maximum absolute atomic E-state index is 9.80. The first-order valence-electron chi connectivity index (χ1n) is 11.1. The molecule has 0 aliphatic carbocycles. The highest BCUT2D eigenvalue weighted by Gasteiger charge is 2.24. The second-order valence-corrected chi connectivity index (χ2v) is 8.39. The third kappa shape index (κ3) is 3.93. The second kappa shape index (κ2) is 8.78. The van der Waals surface area contributed by atoms with Gasteiger partial charge < -0.3 is 15.2 Å². The first-order valence-corrected chi connectivity index (χ1v) is 11.1. The first kappa shape index (κ1) is 20.2. The molecule has 1 aromatic heterocycles. The van der Waals surface area contributed by atoms with Crippen LogP contribution in [-0.2, 0) is 13.1 Å². The number of benzene rings is 3. The number of nitrogens with zero attached hydrogens (tertiary/aromatic N) is 4. The van der Waals surface area contributed by atoms with Gasteiger partial charge in [0.1, 0.15) is 17.6 Å². The van der Waals surface area contributed by atoms with Crippen LogP contribution >= 0.6 is 0 Å². The van der Waals surface area contributed by atoms with E-state index in [-0.39, 0.29) is 0 Å². The molecule has 1 fully saturated rings. The number of nitriles is 1. The van der Waals surface area contributed by atoms with Crippen molar-refractivity contribution >= 4 is 22.3 Å². The second-order valence-electron chi connectivity index (χ2n) is 8.39. The van der Waals surface area contributed by atoms with Crippen molar-refractivity contribution in [3.8, 4) is 6.07 Å². The number of rotatable bonds is 5. The molecule has 1 aliphatic rings. The molecule has 0 amide bonds. The quantitative estimate of drug-likeness (QED) is 0.517. The Morgan fingerprint density at radius 2 is 1.53 bits per heavy atom. The number of hydrogen-bond acceptors (Lipinski definition) is 4. The maximum atomic E-state index is 9.80. The number of hydrogen-bond donors (Lipinski definition) is 1. The zero-order chi connectivity index (χ0) is 21.9. The largest absolute Gasteiger partial charge is 0.396 e. The number of anilines is 2. The maximum Gasteiger partial charge on any atom is 0.133 e. The monoisotopic (exact) mass is 421 g/mol. The third-order valence-corrected chi connectivity index (χ3v) is 6.34. The van der Waals surface area contributed by atoms with Gasteiger partial charge in [0.25, 0.3) is 0 Å². The van der Waals surface area contributed by atoms with Crippen molar-refractivity contribution in [2.45, 2.75) is 13.1 Å². The van der Waals surface area contributed by atoms with Crippen molar-refractivity contribution in [1.82, 2.24) is 9.47 Å². The summed E-state index contributed by atoms with van der Waals surface area (Å²) in [6.07, 6.45) is 0. The molecular weight excluding hydrogens is 394 g/mol. The Labute approximate surface area is 188 Å². The topological polar surface area (TPSA) is 61.2 Å². The van der Waals surface area contributed by atoms with Gasteiger partial charge in [-0.05, 0) is 28.0 Å². The molecule has 1 aliphatic heterocycles. The number of fused-ring (bicyclic) bond motifs is 1. The highest BCUT2D eigenvalue weighted by atomic mass is 15.3. The van der Waals surface area contributed by atoms with Crippen LogP contribution in [0.25, 0.3) is 10.8 Å². The molecule has 2 heterocycles. The molecule has 5 rings (SSSR count). The minimum Gasteiger partial charge on any atom is -0.396 e. The minimum atomic E-state index is 0.608. The fourth-order valence-corrected chi connectivity index (χ4v) is 4.73. The predicted molar refractivity (Wildman–Crippen MR) is 131 cm³/mol. The molecule has 0 spiro atoms. The summed E-state index contributed by atoms with van der Waals surface area (Å²) >= 11 is 0. The van der Waals surface area contributed by atoms with E-state index < -0.39 is 0 Å². The molecule has 2 N–H and O–H groups in total. The Morgan fingerprint density at radius 1 is 0.812 bits per heavy atom. The minimum absolute atomic E-state index is 0.608. The summed E-state index contributed by atoms with van der Waals surface area (Å²) in [6.45, 7) is 5.31. The molecule has 0 unspecified atom stereocenters. The van der Waals surface area contributed by atoms with Crippen molar-refractivity contribution in [2.24, 2.45) is 0 Å². The average molecular weight is 422 g/mol. The van der Waals surface area contributed by atoms with E-state index in [0.717, 1.165) is 38.5 Å². The fraction of sp³-hybridized carbons (Fsp3) is 0.222. The molecule has 160 valence electrons. The normalized spacial score (nSPS) is 14.5. The molecule has 0 saturated carbocycles. The van der Waals surface area contributed by atoms with Gasteiger partial charge in [-0.25, -0.2) is 0 Å². The van der Waals surface area contributed by atoms with Gasteiger partial charge in [0, 0.05) is 32.7 Å². The van der Waals surface area contributed by atoms with Gasteiger partial charge in [-0.1, -0.05) is 72.8 Å². The molecule has 0 radical (unpaired) electrons. The Balaban J connectivity index is 1.40. The van der Waals surface area contributed by atoms with Crippen LogP contribution < -0.4 is 10.6 Å². The van der Waals surface area contributed by atoms with Crippen LogP contribution in [0.2, 0.25) is 0 Å². The van der Waals surface area contributed by atoms with Gasteiger partial charge in [0.05, 0.1) is 12.2 Å². The van der Waals surface area contributed by atoms with Gasteiger partial charge in [-0.15, -0.1) is 0 Å². The summed E-state index contributed by atoms with van der Waals surface area (Å²) in [4.78, 5) is 4.81. The Morgan fingerprint density at radius 3 is 2.31 bits per heavy atom. The molecule has 0 bridgehead atoms. The molecule has 3 aromatic carbocycles. The summed E-state index contributed by atoms with van der Waals surface area (Å²) in [5, 5.41) is 12.2. The highest BCUT2D eigenvalue weighted by molar-refractivity contribution is 5.85. The number of nitrogen functional groups attached to an aromatic ring is 1. The van der Waals surface area contributed by atoms with Crippen LogP contribution in [0.5, 0.6) is 0 Å². The van der Waals surface area contributed by atoms with Gasteiger partial charge in [0.15, 0.2) is 0 Å². The van der Waals surface area contributed by atoms with Gasteiger partial charge in [-0.2, -0.15) is 5.26 Å². The lowest BCUT2D eigenvalue weighted by Gasteiger charge is -2.36. The summed E-state index contributed by atoms with van der Waals surface area (Å²) in [5.41, 5.74) is 10.3. The van der Waals surface area contributed by atoms with E-state index in [2.05, 4.69) is 93.2 Å². The number of aromatic nitrogens is 1. The van der Waals surface area contributed by atoms with E-state index in [1.807, 2.05) is 6.07 Å². The van der Waals surface area contributed by atoms with E-state index in [1.54, 1.807) is 0 Å². The summed E-state index contributed by atoms with van der Waals surface area (Å²) in [5.74, 6) is 0.967. The van der Waals surface area contributed by atoms with Gasteiger partial charge in [-0.3, -0.25) is 4.90 Å². The molecule has 32 heavy (non-hydrogen) atoms. The first-order chi connectivity index (χ1) is 15.7. The zero-order valence-corrected chi connectivity index (χ0v) is 18.1. The van der Waals surface area contributed by atoms with E-state index in [4.69, 9.17) is 5.73 Å². The van der Waals surface area contributed by atoms with Crippen molar-refractivity contribution in [2.75, 3.05) is 36.8 Å². The van der Waals surface area contributed by atoms with Crippen LogP contribution in [0.4, 0.5) is 11.5 Å². The van der Waals surface area contributed by atoms with Crippen LogP contribution in [-0.4, -0.2) is 35.6 Å². The highest BCUT2D eigenvalue weighted by Crippen LogP contribution is 2.31. The molecule has 0 atom stereocenters. The van der Waals surface area contributed by atoms with Crippen molar-refractivity contribution in [3.05, 3.63) is 95.7 Å². The number of piperazine rings is 1. The van der Waals surface area contributed by atoms with E-state index in [0.29, 0.717) is 17.9 Å². The fourth-order valence-electron chi connectivity index (χ4n) is 4.73. The van der Waals surface area contributed by atoms with Crippen LogP contribution in [0.1, 0.15) is 16.8 Å². The molecule has 1 saturated heterocycles. The van der Waals surface area contributed by atoms with Crippen LogP contribution in [0, 0.1) is 11.3 Å². The van der Waals surface area contributed by atoms with Gasteiger partial charge in [0.2, 0.25) is 0 Å². The summed E-state index contributed by atoms with van der Waals surface area (Å²) in [6, 6.07) is 29.5. The Bertz CT molecular complexity index is 1260. The number of nitrogens with two attached hydrogens (primary N) is 1. The Hall–Kier alpha value is -3.75. The molecule has 5 nitrogen and oxygen atoms in total. The SMILES string of the molecule is N#Cc1cc(N)c(N2CCN(Cc3ccccc3)CC2)n1Cc1cccc2ccccc12. The van der Waals surface area contributed by atoms with E-state index in [9.17, 15) is 5.26 Å².